The molecule has 3 nitrogen and oxygen atoms in total. The van der Waals surface area contributed by atoms with Crippen LogP contribution in [0.4, 0.5) is 4.39 Å². The Balaban J connectivity index is 2.04. The maximum Gasteiger partial charge on any atom is 0.142 e. The van der Waals surface area contributed by atoms with E-state index in [-0.39, 0.29) is 12.5 Å². The van der Waals surface area contributed by atoms with Gasteiger partial charge in [-0.15, -0.1) is 11.6 Å². The highest BCUT2D eigenvalue weighted by Gasteiger charge is 2.03. The molecule has 0 spiro atoms. The Morgan fingerprint density at radius 3 is 3.00 bits per heavy atom. The average Bonchev–Trinajstić information content (AvgIpc) is 2.88. The number of alkyl halides is 1. The molecule has 0 saturated heterocycles. The predicted molar refractivity (Wildman–Crippen MR) is 64.8 cm³/mol. The SMILES string of the molecule is Fc1cc(OCc2cnoc2)ccc1C#CCCl. The van der Waals surface area contributed by atoms with Crippen LogP contribution in [0.15, 0.2) is 35.2 Å². The average molecular weight is 266 g/mol. The van der Waals surface area contributed by atoms with Gasteiger partial charge in [0.1, 0.15) is 24.4 Å². The quantitative estimate of drug-likeness (QED) is 0.632. The normalized spacial score (nSPS) is 9.67. The highest BCUT2D eigenvalue weighted by Crippen LogP contribution is 2.17. The third-order valence-electron chi connectivity index (χ3n) is 2.12. The third kappa shape index (κ3) is 3.25. The van der Waals surface area contributed by atoms with Gasteiger partial charge in [-0.05, 0) is 12.1 Å². The molecule has 1 aromatic carbocycles. The molecule has 0 unspecified atom stereocenters. The van der Waals surface area contributed by atoms with Gasteiger partial charge in [0.2, 0.25) is 0 Å². The van der Waals surface area contributed by atoms with Crippen molar-refractivity contribution in [3.8, 4) is 17.6 Å². The fraction of sp³-hybridized carbons (Fsp3) is 0.154. The summed E-state index contributed by atoms with van der Waals surface area (Å²) in [6.07, 6.45) is 3.01. The highest BCUT2D eigenvalue weighted by atomic mass is 35.5. The minimum absolute atomic E-state index is 0.172. The lowest BCUT2D eigenvalue weighted by Gasteiger charge is -2.04. The van der Waals surface area contributed by atoms with Gasteiger partial charge in [-0.3, -0.25) is 0 Å². The second-order valence-corrected chi connectivity index (χ2v) is 3.67. The summed E-state index contributed by atoms with van der Waals surface area (Å²) in [5.74, 6) is 5.37. The van der Waals surface area contributed by atoms with Gasteiger partial charge >= 0.3 is 0 Å². The molecular weight excluding hydrogens is 257 g/mol. The minimum atomic E-state index is -0.435. The van der Waals surface area contributed by atoms with Crippen molar-refractivity contribution in [2.45, 2.75) is 6.61 Å². The molecule has 0 atom stereocenters. The van der Waals surface area contributed by atoms with Crippen molar-refractivity contribution < 1.29 is 13.7 Å². The second-order valence-electron chi connectivity index (χ2n) is 3.40. The molecule has 0 radical (unpaired) electrons. The molecule has 2 rings (SSSR count). The molecule has 1 aromatic heterocycles. The summed E-state index contributed by atoms with van der Waals surface area (Å²) < 4.78 is 23.6. The Kier molecular flexibility index (Phi) is 4.21. The monoisotopic (exact) mass is 265 g/mol. The van der Waals surface area contributed by atoms with Crippen molar-refractivity contribution in [2.75, 3.05) is 5.88 Å². The van der Waals surface area contributed by atoms with Crippen molar-refractivity contribution in [2.24, 2.45) is 0 Å². The zero-order valence-electron chi connectivity index (χ0n) is 9.32. The molecular formula is C13H9ClFNO2. The number of halogens is 2. The summed E-state index contributed by atoms with van der Waals surface area (Å²) in [7, 11) is 0. The van der Waals surface area contributed by atoms with E-state index < -0.39 is 5.82 Å². The molecule has 0 bridgehead atoms. The lowest BCUT2D eigenvalue weighted by molar-refractivity contribution is 0.302. The van der Waals surface area contributed by atoms with Gasteiger partial charge in [0.25, 0.3) is 0 Å². The topological polar surface area (TPSA) is 35.3 Å². The first-order valence-corrected chi connectivity index (χ1v) is 5.68. The lowest BCUT2D eigenvalue weighted by atomic mass is 10.2. The summed E-state index contributed by atoms with van der Waals surface area (Å²) in [5, 5.41) is 3.54. The molecule has 0 saturated carbocycles. The number of aromatic nitrogens is 1. The van der Waals surface area contributed by atoms with E-state index in [2.05, 4.69) is 21.5 Å². The van der Waals surface area contributed by atoms with Crippen LogP contribution in [0.25, 0.3) is 0 Å². The van der Waals surface area contributed by atoms with E-state index in [1.807, 2.05) is 0 Å². The Bertz CT molecular complexity index is 572. The summed E-state index contributed by atoms with van der Waals surface area (Å²) in [4.78, 5) is 0. The second kappa shape index (κ2) is 6.08. The predicted octanol–water partition coefficient (Wildman–Crippen LogP) is 2.98. The van der Waals surface area contributed by atoms with Crippen LogP contribution in [0.2, 0.25) is 0 Å². The van der Waals surface area contributed by atoms with Crippen molar-refractivity contribution in [3.05, 3.63) is 47.6 Å². The lowest BCUT2D eigenvalue weighted by Crippen LogP contribution is -1.95. The number of hydrogen-bond acceptors (Lipinski definition) is 3. The Morgan fingerprint density at radius 1 is 1.44 bits per heavy atom. The molecule has 0 N–H and O–H groups in total. The van der Waals surface area contributed by atoms with Crippen LogP contribution in [-0.4, -0.2) is 11.0 Å². The maximum absolute atomic E-state index is 13.6. The molecule has 0 aliphatic heterocycles. The molecule has 0 amide bonds. The van der Waals surface area contributed by atoms with Crippen molar-refractivity contribution in [3.63, 3.8) is 0 Å². The molecule has 5 heteroatoms. The summed E-state index contributed by atoms with van der Waals surface area (Å²) >= 11 is 5.41. The number of hydrogen-bond donors (Lipinski definition) is 0. The van der Waals surface area contributed by atoms with Crippen molar-refractivity contribution >= 4 is 11.6 Å². The van der Waals surface area contributed by atoms with E-state index in [9.17, 15) is 4.39 Å². The zero-order valence-corrected chi connectivity index (χ0v) is 10.1. The highest BCUT2D eigenvalue weighted by molar-refractivity contribution is 6.19. The Labute approximate surface area is 108 Å². The molecule has 0 fully saturated rings. The summed E-state index contributed by atoms with van der Waals surface area (Å²) in [6.45, 7) is 0.273. The van der Waals surface area contributed by atoms with Gasteiger partial charge in [0, 0.05) is 11.6 Å². The van der Waals surface area contributed by atoms with Crippen LogP contribution in [0.3, 0.4) is 0 Å². The van der Waals surface area contributed by atoms with Crippen LogP contribution in [0.5, 0.6) is 5.75 Å². The van der Waals surface area contributed by atoms with Crippen LogP contribution in [-0.2, 0) is 6.61 Å². The van der Waals surface area contributed by atoms with Crippen LogP contribution >= 0.6 is 11.6 Å². The van der Waals surface area contributed by atoms with E-state index in [0.29, 0.717) is 11.3 Å². The first-order valence-electron chi connectivity index (χ1n) is 5.15. The van der Waals surface area contributed by atoms with E-state index in [1.54, 1.807) is 12.1 Å². The van der Waals surface area contributed by atoms with E-state index in [4.69, 9.17) is 16.3 Å². The molecule has 18 heavy (non-hydrogen) atoms. The Morgan fingerprint density at radius 2 is 2.33 bits per heavy atom. The first-order chi connectivity index (χ1) is 8.79. The summed E-state index contributed by atoms with van der Waals surface area (Å²) in [5.41, 5.74) is 1.08. The van der Waals surface area contributed by atoms with E-state index in [1.165, 1.54) is 18.5 Å². The van der Waals surface area contributed by atoms with E-state index in [0.717, 1.165) is 5.56 Å². The van der Waals surface area contributed by atoms with Crippen LogP contribution < -0.4 is 4.74 Å². The zero-order chi connectivity index (χ0) is 12.8. The largest absolute Gasteiger partial charge is 0.489 e. The van der Waals surface area contributed by atoms with Gasteiger partial charge in [-0.25, -0.2) is 4.39 Å². The van der Waals surface area contributed by atoms with Gasteiger partial charge in [-0.2, -0.15) is 0 Å². The number of rotatable bonds is 3. The van der Waals surface area contributed by atoms with Gasteiger partial charge in [-0.1, -0.05) is 17.0 Å². The standard InChI is InChI=1S/C13H9ClFNO2/c14-5-1-2-11-3-4-12(6-13(11)15)17-8-10-7-16-18-9-10/h3-4,6-7,9H,5,8H2. The smallest absolute Gasteiger partial charge is 0.142 e. The van der Waals surface area contributed by atoms with Crippen LogP contribution in [0, 0.1) is 17.7 Å². The molecule has 92 valence electrons. The third-order valence-corrected chi connectivity index (χ3v) is 2.25. The van der Waals surface area contributed by atoms with Gasteiger partial charge < -0.3 is 9.26 Å². The van der Waals surface area contributed by atoms with Gasteiger partial charge in [0.15, 0.2) is 0 Å². The Hall–Kier alpha value is -1.99. The maximum atomic E-state index is 13.6. The number of ether oxygens (including phenoxy) is 1. The first kappa shape index (κ1) is 12.5. The van der Waals surface area contributed by atoms with Crippen LogP contribution in [0.1, 0.15) is 11.1 Å². The fourth-order valence-corrected chi connectivity index (χ4v) is 1.35. The minimum Gasteiger partial charge on any atom is -0.489 e. The van der Waals surface area contributed by atoms with E-state index >= 15 is 0 Å². The molecule has 0 aliphatic rings. The number of nitrogens with zero attached hydrogens (tertiary/aromatic N) is 1. The molecule has 0 aliphatic carbocycles. The molecule has 1 heterocycles. The summed E-state index contributed by atoms with van der Waals surface area (Å²) in [6, 6.07) is 4.48. The number of benzene rings is 1. The van der Waals surface area contributed by atoms with Crippen molar-refractivity contribution in [1.82, 2.24) is 5.16 Å². The molecule has 2 aromatic rings. The van der Waals surface area contributed by atoms with Crippen molar-refractivity contribution in [1.29, 1.82) is 0 Å². The fourth-order valence-electron chi connectivity index (χ4n) is 1.28. The van der Waals surface area contributed by atoms with Gasteiger partial charge in [0.05, 0.1) is 17.6 Å².